The summed E-state index contributed by atoms with van der Waals surface area (Å²) in [5.41, 5.74) is 5.24. The molecular weight excluding hydrogens is 328 g/mol. The molecule has 0 saturated carbocycles. The summed E-state index contributed by atoms with van der Waals surface area (Å²) in [6.07, 6.45) is 1.33. The van der Waals surface area contributed by atoms with Gasteiger partial charge in [-0.2, -0.15) is 0 Å². The van der Waals surface area contributed by atoms with Crippen molar-refractivity contribution in [1.82, 2.24) is 16.0 Å². The summed E-state index contributed by atoms with van der Waals surface area (Å²) in [6, 6.07) is -5.63. The zero-order valence-electron chi connectivity index (χ0n) is 12.6. The van der Waals surface area contributed by atoms with Gasteiger partial charge in [-0.05, 0) is 0 Å². The lowest BCUT2D eigenvalue weighted by Crippen LogP contribution is -2.59. The van der Waals surface area contributed by atoms with Crippen LogP contribution >= 0.6 is 0 Å². The van der Waals surface area contributed by atoms with Gasteiger partial charge in [0.25, 0.3) is 0 Å². The van der Waals surface area contributed by atoms with E-state index in [0.29, 0.717) is 0 Å². The van der Waals surface area contributed by atoms with Crippen LogP contribution in [0.15, 0.2) is 0 Å². The Hall–Kier alpha value is -2.12. The van der Waals surface area contributed by atoms with Crippen LogP contribution in [0.1, 0.15) is 0 Å². The first-order chi connectivity index (χ1) is 11.3. The van der Waals surface area contributed by atoms with E-state index in [1.807, 2.05) is 16.0 Å². The average Bonchev–Trinajstić information content (AvgIpc) is 2.60. The molecule has 12 heteroatoms. The van der Waals surface area contributed by atoms with E-state index in [9.17, 15) is 19.2 Å². The van der Waals surface area contributed by atoms with E-state index in [2.05, 4.69) is 0 Å². The van der Waals surface area contributed by atoms with E-state index in [1.165, 1.54) is 6.29 Å². The van der Waals surface area contributed by atoms with E-state index >= 15 is 0 Å². The van der Waals surface area contributed by atoms with Crippen molar-refractivity contribution in [1.29, 1.82) is 0 Å². The molecule has 1 radical (unpaired) electrons. The van der Waals surface area contributed by atoms with Crippen molar-refractivity contribution in [3.05, 3.63) is 0 Å². The summed E-state index contributed by atoms with van der Waals surface area (Å²) < 4.78 is 0. The first kappa shape index (κ1) is 21.9. The van der Waals surface area contributed by atoms with Gasteiger partial charge in [0.05, 0.1) is 26.4 Å². The van der Waals surface area contributed by atoms with Crippen LogP contribution in [0.25, 0.3) is 0 Å². The summed E-state index contributed by atoms with van der Waals surface area (Å²) in [4.78, 5) is 45.5. The van der Waals surface area contributed by atoms with Crippen molar-refractivity contribution in [2.24, 2.45) is 5.73 Å². The highest BCUT2D eigenvalue weighted by molar-refractivity contribution is 5.93. The number of amides is 3. The molecule has 137 valence electrons. The third-order valence-electron chi connectivity index (χ3n) is 2.81. The molecule has 0 saturated heterocycles. The van der Waals surface area contributed by atoms with E-state index in [-0.39, 0.29) is 0 Å². The molecule has 0 spiro atoms. The Labute approximate surface area is 137 Å². The largest absolute Gasteiger partial charge is 0.394 e. The first-order valence-electron chi connectivity index (χ1n) is 6.82. The standard InChI is InChI=1S/C12H21N4O8/c13-7(3-19)10(22)15-9(5-21)12(24)16-8(4-20)11(23)14-6(1-17)2-18/h6-9,17,19-21H,1,3-5,13H2,(H,14,23)(H,15,22)(H,16,24). The normalized spacial score (nSPS) is 15.5. The number of nitrogens with two attached hydrogens (primary N) is 1. The van der Waals surface area contributed by atoms with Gasteiger partial charge in [-0.3, -0.25) is 19.2 Å². The Balaban J connectivity index is 4.78. The Morgan fingerprint density at radius 3 is 1.62 bits per heavy atom. The van der Waals surface area contributed by atoms with Crippen molar-refractivity contribution in [3.63, 3.8) is 0 Å². The summed E-state index contributed by atoms with van der Waals surface area (Å²) in [5.74, 6) is -2.91. The second-order valence-corrected chi connectivity index (χ2v) is 4.64. The summed E-state index contributed by atoms with van der Waals surface area (Å²) in [5, 5.41) is 41.8. The highest BCUT2D eigenvalue weighted by Crippen LogP contribution is 1.91. The summed E-state index contributed by atoms with van der Waals surface area (Å²) >= 11 is 0. The number of hydrogen-bond acceptors (Lipinski definition) is 9. The topological polar surface area (TPSA) is 211 Å². The maximum Gasteiger partial charge on any atom is 0.245 e. The predicted molar refractivity (Wildman–Crippen MR) is 77.8 cm³/mol. The molecule has 4 atom stereocenters. The molecule has 0 aliphatic heterocycles. The van der Waals surface area contributed by atoms with Crippen LogP contribution in [0.2, 0.25) is 0 Å². The molecule has 0 aliphatic carbocycles. The Kier molecular flexibility index (Phi) is 10.4. The second kappa shape index (κ2) is 11.4. The average molecular weight is 349 g/mol. The fourth-order valence-electron chi connectivity index (χ4n) is 1.41. The zero-order valence-corrected chi connectivity index (χ0v) is 12.6. The number of rotatable bonds is 11. The van der Waals surface area contributed by atoms with Crippen LogP contribution in [0, 0.1) is 0 Å². The van der Waals surface area contributed by atoms with Gasteiger partial charge in [0.1, 0.15) is 24.2 Å². The minimum atomic E-state index is -1.50. The molecule has 24 heavy (non-hydrogen) atoms. The smallest absolute Gasteiger partial charge is 0.245 e. The van der Waals surface area contributed by atoms with Crippen LogP contribution in [-0.4, -0.2) is 95.0 Å². The van der Waals surface area contributed by atoms with Gasteiger partial charge in [0.2, 0.25) is 24.0 Å². The first-order valence-corrected chi connectivity index (χ1v) is 6.82. The molecule has 0 fully saturated rings. The monoisotopic (exact) mass is 349 g/mol. The summed E-state index contributed by atoms with van der Waals surface area (Å²) in [6.45, 7) is -3.10. The maximum atomic E-state index is 11.9. The number of aliphatic hydroxyl groups is 4. The van der Waals surface area contributed by atoms with E-state index in [1.54, 1.807) is 0 Å². The lowest BCUT2D eigenvalue weighted by molar-refractivity contribution is -0.134. The van der Waals surface area contributed by atoms with E-state index in [0.717, 1.165) is 0 Å². The molecular formula is C12H21N4O8. The fourth-order valence-corrected chi connectivity index (χ4v) is 1.41. The highest BCUT2D eigenvalue weighted by atomic mass is 16.3. The molecule has 4 unspecified atom stereocenters. The van der Waals surface area contributed by atoms with Crippen LogP contribution in [0.5, 0.6) is 0 Å². The van der Waals surface area contributed by atoms with Crippen LogP contribution in [-0.2, 0) is 19.2 Å². The third-order valence-corrected chi connectivity index (χ3v) is 2.81. The number of aliphatic hydroxyl groups excluding tert-OH is 4. The molecule has 0 aromatic rings. The van der Waals surface area contributed by atoms with E-state index < -0.39 is 68.3 Å². The molecule has 9 N–H and O–H groups in total. The van der Waals surface area contributed by atoms with Crippen LogP contribution < -0.4 is 21.7 Å². The van der Waals surface area contributed by atoms with E-state index in [4.69, 9.17) is 26.2 Å². The molecule has 0 bridgehead atoms. The molecule has 0 rings (SSSR count). The van der Waals surface area contributed by atoms with Crippen molar-refractivity contribution >= 4 is 24.0 Å². The van der Waals surface area contributed by atoms with Crippen molar-refractivity contribution < 1.29 is 39.6 Å². The SMILES string of the molecule is NC(CO)C(=O)NC(CO)C(=O)NC(CO)C(=O)NC([C]=O)CO. The lowest BCUT2D eigenvalue weighted by Gasteiger charge is -2.22. The quantitative estimate of drug-likeness (QED) is 0.178. The van der Waals surface area contributed by atoms with Gasteiger partial charge >= 0.3 is 0 Å². The Bertz CT molecular complexity index is 447. The van der Waals surface area contributed by atoms with Crippen molar-refractivity contribution in [2.75, 3.05) is 26.4 Å². The highest BCUT2D eigenvalue weighted by Gasteiger charge is 2.28. The third kappa shape index (κ3) is 6.97. The fraction of sp³-hybridized carbons (Fsp3) is 0.667. The van der Waals surface area contributed by atoms with Gasteiger partial charge in [-0.15, -0.1) is 0 Å². The van der Waals surface area contributed by atoms with Gasteiger partial charge < -0.3 is 42.1 Å². The maximum absolute atomic E-state index is 11.9. The Morgan fingerprint density at radius 2 is 1.25 bits per heavy atom. The molecule has 0 aromatic heterocycles. The van der Waals surface area contributed by atoms with Crippen LogP contribution in [0.3, 0.4) is 0 Å². The van der Waals surface area contributed by atoms with Gasteiger partial charge in [-0.25, -0.2) is 0 Å². The minimum Gasteiger partial charge on any atom is -0.394 e. The molecule has 0 aliphatic rings. The van der Waals surface area contributed by atoms with Crippen molar-refractivity contribution in [3.8, 4) is 0 Å². The molecule has 0 heterocycles. The van der Waals surface area contributed by atoms with Gasteiger partial charge in [-0.1, -0.05) is 0 Å². The number of hydrogen-bond donors (Lipinski definition) is 8. The predicted octanol–water partition coefficient (Wildman–Crippen LogP) is -6.15. The molecule has 0 aromatic carbocycles. The number of nitrogens with one attached hydrogen (secondary N) is 3. The number of carbonyl (C=O) groups is 3. The second-order valence-electron chi connectivity index (χ2n) is 4.64. The number of carbonyl (C=O) groups excluding carboxylic acids is 4. The summed E-state index contributed by atoms with van der Waals surface area (Å²) in [7, 11) is 0. The molecule has 3 amide bonds. The van der Waals surface area contributed by atoms with Gasteiger partial charge in [0.15, 0.2) is 0 Å². The van der Waals surface area contributed by atoms with Crippen LogP contribution in [0.4, 0.5) is 0 Å². The van der Waals surface area contributed by atoms with Gasteiger partial charge in [0, 0.05) is 0 Å². The Morgan fingerprint density at radius 1 is 0.792 bits per heavy atom. The zero-order chi connectivity index (χ0) is 18.7. The lowest BCUT2D eigenvalue weighted by atomic mass is 10.2. The molecule has 12 nitrogen and oxygen atoms in total. The van der Waals surface area contributed by atoms with Crippen molar-refractivity contribution in [2.45, 2.75) is 24.2 Å². The minimum absolute atomic E-state index is 0.683.